The molecule has 0 spiro atoms. The number of pyridine rings is 1. The Labute approximate surface area is 134 Å². The number of hydrogen-bond donors (Lipinski definition) is 0. The van der Waals surface area contributed by atoms with Gasteiger partial charge in [-0.05, 0) is 31.9 Å². The summed E-state index contributed by atoms with van der Waals surface area (Å²) < 4.78 is 37.3. The molecule has 0 N–H and O–H groups in total. The molecule has 2 aromatic heterocycles. The van der Waals surface area contributed by atoms with Gasteiger partial charge in [-0.3, -0.25) is 4.98 Å². The van der Waals surface area contributed by atoms with Crippen LogP contribution in [0.3, 0.4) is 0 Å². The predicted molar refractivity (Wildman–Crippen MR) is 79.7 cm³/mol. The van der Waals surface area contributed by atoms with Gasteiger partial charge < -0.3 is 9.26 Å². The fourth-order valence-corrected chi connectivity index (χ4v) is 4.19. The van der Waals surface area contributed by atoms with Gasteiger partial charge in [0, 0.05) is 25.5 Å². The summed E-state index contributed by atoms with van der Waals surface area (Å²) in [5.74, 6) is 0.733. The second kappa shape index (κ2) is 6.73. The van der Waals surface area contributed by atoms with Gasteiger partial charge in [0.1, 0.15) is 11.5 Å². The number of sulfonamides is 1. The number of rotatable bonds is 6. The molecule has 1 aliphatic heterocycles. The highest BCUT2D eigenvalue weighted by Crippen LogP contribution is 2.35. The molecule has 9 heteroatoms. The molecule has 1 atom stereocenters. The van der Waals surface area contributed by atoms with E-state index in [1.807, 2.05) is 6.92 Å². The third kappa shape index (κ3) is 3.26. The van der Waals surface area contributed by atoms with Gasteiger partial charge in [-0.1, -0.05) is 5.16 Å². The zero-order valence-corrected chi connectivity index (χ0v) is 13.6. The summed E-state index contributed by atoms with van der Waals surface area (Å²) in [6, 6.07) is 2.72. The van der Waals surface area contributed by atoms with Crippen LogP contribution in [0, 0.1) is 0 Å². The van der Waals surface area contributed by atoms with Gasteiger partial charge in [-0.2, -0.15) is 9.29 Å². The van der Waals surface area contributed by atoms with E-state index in [-0.39, 0.29) is 11.5 Å². The van der Waals surface area contributed by atoms with Crippen LogP contribution in [0.25, 0.3) is 0 Å². The molecule has 3 rings (SSSR count). The second-order valence-corrected chi connectivity index (χ2v) is 7.04. The summed E-state index contributed by atoms with van der Waals surface area (Å²) in [7, 11) is -3.63. The topological polar surface area (TPSA) is 98.4 Å². The van der Waals surface area contributed by atoms with Crippen molar-refractivity contribution >= 4 is 10.0 Å². The lowest BCUT2D eigenvalue weighted by atomic mass is 10.2. The Balaban J connectivity index is 1.84. The lowest BCUT2D eigenvalue weighted by molar-refractivity contribution is 0.109. The normalized spacial score (nSPS) is 19.3. The van der Waals surface area contributed by atoms with Crippen LogP contribution in [0.2, 0.25) is 0 Å². The van der Waals surface area contributed by atoms with E-state index in [0.717, 1.165) is 6.42 Å². The second-order valence-electron chi connectivity index (χ2n) is 5.15. The fourth-order valence-electron chi connectivity index (χ4n) is 2.57. The maximum absolute atomic E-state index is 12.8. The molecule has 1 saturated heterocycles. The van der Waals surface area contributed by atoms with Crippen LogP contribution < -0.4 is 0 Å². The number of aromatic nitrogens is 3. The quantitative estimate of drug-likeness (QED) is 0.787. The molecular formula is C14H18N4O4S. The minimum Gasteiger partial charge on any atom is -0.372 e. The van der Waals surface area contributed by atoms with Crippen molar-refractivity contribution in [2.24, 2.45) is 0 Å². The number of nitrogens with zero attached hydrogens (tertiary/aromatic N) is 4. The van der Waals surface area contributed by atoms with E-state index in [4.69, 9.17) is 9.26 Å². The SMILES string of the molecule is CCOCc1nc(C2CCCN2S(=O)(=O)c2cccnc2)no1. The van der Waals surface area contributed by atoms with Crippen LogP contribution in [0.5, 0.6) is 0 Å². The third-order valence-electron chi connectivity index (χ3n) is 3.66. The zero-order chi connectivity index (χ0) is 16.3. The first kappa shape index (κ1) is 16.0. The van der Waals surface area contributed by atoms with Crippen LogP contribution in [-0.4, -0.2) is 41.0 Å². The van der Waals surface area contributed by atoms with Crippen LogP contribution in [0.4, 0.5) is 0 Å². The van der Waals surface area contributed by atoms with Gasteiger partial charge in [0.15, 0.2) is 5.82 Å². The predicted octanol–water partition coefficient (Wildman–Crippen LogP) is 1.53. The van der Waals surface area contributed by atoms with E-state index >= 15 is 0 Å². The van der Waals surface area contributed by atoms with E-state index in [2.05, 4.69) is 15.1 Å². The standard InChI is InChI=1S/C14H18N4O4S/c1-2-21-10-13-16-14(17-22-13)12-6-4-8-18(12)23(19,20)11-5-3-7-15-9-11/h3,5,7,9,12H,2,4,6,8,10H2,1H3. The molecule has 0 radical (unpaired) electrons. The lowest BCUT2D eigenvalue weighted by Crippen LogP contribution is -2.31. The maximum atomic E-state index is 12.8. The summed E-state index contributed by atoms with van der Waals surface area (Å²) in [6.45, 7) is 3.07. The Bertz CT molecular complexity index is 747. The molecule has 1 unspecified atom stereocenters. The van der Waals surface area contributed by atoms with Crippen LogP contribution in [-0.2, 0) is 21.4 Å². The zero-order valence-electron chi connectivity index (χ0n) is 12.8. The van der Waals surface area contributed by atoms with E-state index in [9.17, 15) is 8.42 Å². The van der Waals surface area contributed by atoms with Gasteiger partial charge in [0.25, 0.3) is 5.89 Å². The smallest absolute Gasteiger partial charge is 0.252 e. The first-order valence-electron chi connectivity index (χ1n) is 7.45. The Hall–Kier alpha value is -1.84. The van der Waals surface area contributed by atoms with Gasteiger partial charge in [-0.25, -0.2) is 8.42 Å². The van der Waals surface area contributed by atoms with E-state index in [1.54, 1.807) is 12.3 Å². The Morgan fingerprint density at radius 3 is 3.09 bits per heavy atom. The summed E-state index contributed by atoms with van der Waals surface area (Å²) in [5.41, 5.74) is 0. The van der Waals surface area contributed by atoms with E-state index < -0.39 is 16.1 Å². The van der Waals surface area contributed by atoms with Crippen molar-refractivity contribution in [1.82, 2.24) is 19.4 Å². The van der Waals surface area contributed by atoms with Gasteiger partial charge in [-0.15, -0.1) is 0 Å². The molecular weight excluding hydrogens is 320 g/mol. The van der Waals surface area contributed by atoms with Crippen molar-refractivity contribution in [3.8, 4) is 0 Å². The average molecular weight is 338 g/mol. The highest BCUT2D eigenvalue weighted by molar-refractivity contribution is 7.89. The van der Waals surface area contributed by atoms with Crippen molar-refractivity contribution in [1.29, 1.82) is 0 Å². The summed E-state index contributed by atoms with van der Waals surface area (Å²) in [5, 5.41) is 3.92. The average Bonchev–Trinajstić information content (AvgIpc) is 3.22. The molecule has 3 heterocycles. The number of ether oxygens (including phenoxy) is 1. The Morgan fingerprint density at radius 2 is 2.35 bits per heavy atom. The molecule has 1 fully saturated rings. The molecule has 23 heavy (non-hydrogen) atoms. The van der Waals surface area contributed by atoms with E-state index in [0.29, 0.717) is 31.3 Å². The minimum absolute atomic E-state index is 0.171. The maximum Gasteiger partial charge on any atom is 0.252 e. The summed E-state index contributed by atoms with van der Waals surface area (Å²) in [4.78, 5) is 8.32. The highest BCUT2D eigenvalue weighted by Gasteiger charge is 2.38. The monoisotopic (exact) mass is 338 g/mol. The van der Waals surface area contributed by atoms with Gasteiger partial charge in [0.2, 0.25) is 10.0 Å². The van der Waals surface area contributed by atoms with Crippen LogP contribution >= 0.6 is 0 Å². The van der Waals surface area contributed by atoms with Crippen molar-refractivity contribution in [3.63, 3.8) is 0 Å². The molecule has 0 bridgehead atoms. The van der Waals surface area contributed by atoms with Crippen LogP contribution in [0.15, 0.2) is 33.9 Å². The fraction of sp³-hybridized carbons (Fsp3) is 0.500. The lowest BCUT2D eigenvalue weighted by Gasteiger charge is -2.21. The Kier molecular flexibility index (Phi) is 4.69. The minimum atomic E-state index is -3.63. The molecule has 8 nitrogen and oxygen atoms in total. The molecule has 0 aliphatic carbocycles. The summed E-state index contributed by atoms with van der Waals surface area (Å²) >= 11 is 0. The molecule has 0 saturated carbocycles. The van der Waals surface area contributed by atoms with Crippen molar-refractivity contribution < 1.29 is 17.7 Å². The van der Waals surface area contributed by atoms with Gasteiger partial charge >= 0.3 is 0 Å². The van der Waals surface area contributed by atoms with Crippen molar-refractivity contribution in [3.05, 3.63) is 36.2 Å². The molecule has 0 aromatic carbocycles. The van der Waals surface area contributed by atoms with E-state index in [1.165, 1.54) is 16.6 Å². The van der Waals surface area contributed by atoms with Crippen molar-refractivity contribution in [2.45, 2.75) is 37.3 Å². The summed E-state index contributed by atoms with van der Waals surface area (Å²) in [6.07, 6.45) is 4.30. The first-order chi connectivity index (χ1) is 11.1. The molecule has 0 amide bonds. The van der Waals surface area contributed by atoms with Crippen molar-refractivity contribution in [2.75, 3.05) is 13.2 Å². The molecule has 1 aliphatic rings. The third-order valence-corrected chi connectivity index (χ3v) is 5.55. The molecule has 2 aromatic rings. The van der Waals surface area contributed by atoms with Gasteiger partial charge in [0.05, 0.1) is 6.04 Å². The first-order valence-corrected chi connectivity index (χ1v) is 8.89. The molecule has 124 valence electrons. The highest BCUT2D eigenvalue weighted by atomic mass is 32.2. The largest absolute Gasteiger partial charge is 0.372 e. The Morgan fingerprint density at radius 1 is 1.48 bits per heavy atom. The number of hydrogen-bond acceptors (Lipinski definition) is 7. The van der Waals surface area contributed by atoms with Crippen LogP contribution in [0.1, 0.15) is 37.5 Å².